The smallest absolute Gasteiger partial charge is 0.261 e. The zero-order valence-electron chi connectivity index (χ0n) is 20.0. The monoisotopic (exact) mass is 452 g/mol. The van der Waals surface area contributed by atoms with Gasteiger partial charge in [-0.15, -0.1) is 0 Å². The van der Waals surface area contributed by atoms with Gasteiger partial charge in [-0.1, -0.05) is 56.5 Å². The molecule has 0 radical (unpaired) electrons. The minimum atomic E-state index is -0.564. The molecule has 1 aliphatic rings. The summed E-state index contributed by atoms with van der Waals surface area (Å²) in [5.41, 5.74) is 1.87. The standard InChI is InChI=1S/C27H36N2O4/c1-4-24(27(31)28-22-13-6-5-7-14-22)29(18-21-12-10-15-23(17-21)32-3)26(30)19-33-25-16-9-8-11-20(25)2/h8-12,15-17,22,24H,4-7,13-14,18-19H2,1-3H3,(H,28,31)/t24-/m1/s1. The van der Waals surface area contributed by atoms with Gasteiger partial charge in [0.2, 0.25) is 5.91 Å². The minimum absolute atomic E-state index is 0.0865. The molecule has 178 valence electrons. The lowest BCUT2D eigenvalue weighted by molar-refractivity contribution is -0.143. The van der Waals surface area contributed by atoms with Gasteiger partial charge in [-0.25, -0.2) is 0 Å². The molecule has 2 aromatic rings. The molecule has 1 saturated carbocycles. The predicted octanol–water partition coefficient (Wildman–Crippen LogP) is 4.64. The second-order valence-corrected chi connectivity index (χ2v) is 8.69. The van der Waals surface area contributed by atoms with E-state index in [2.05, 4.69) is 5.32 Å². The van der Waals surface area contributed by atoms with Gasteiger partial charge in [0, 0.05) is 12.6 Å². The van der Waals surface area contributed by atoms with Crippen LogP contribution in [0, 0.1) is 6.92 Å². The number of nitrogens with zero attached hydrogens (tertiary/aromatic N) is 1. The maximum Gasteiger partial charge on any atom is 0.261 e. The first-order chi connectivity index (χ1) is 16.0. The number of methoxy groups -OCH3 is 1. The molecule has 0 spiro atoms. The molecule has 6 nitrogen and oxygen atoms in total. The van der Waals surface area contributed by atoms with E-state index in [0.29, 0.717) is 18.7 Å². The number of rotatable bonds is 10. The molecule has 3 rings (SSSR count). The van der Waals surface area contributed by atoms with Crippen LogP contribution in [-0.2, 0) is 16.1 Å². The minimum Gasteiger partial charge on any atom is -0.497 e. The SMILES string of the molecule is CC[C@H](C(=O)NC1CCCCC1)N(Cc1cccc(OC)c1)C(=O)COc1ccccc1C. The van der Waals surface area contributed by atoms with Gasteiger partial charge in [0.25, 0.3) is 5.91 Å². The molecule has 0 heterocycles. The first kappa shape index (κ1) is 24.6. The van der Waals surface area contributed by atoms with E-state index in [1.54, 1.807) is 12.0 Å². The van der Waals surface area contributed by atoms with Gasteiger partial charge in [0.15, 0.2) is 6.61 Å². The lowest BCUT2D eigenvalue weighted by atomic mass is 9.95. The number of amides is 2. The Kier molecular flexibility index (Phi) is 9.16. The van der Waals surface area contributed by atoms with Crippen LogP contribution in [0.3, 0.4) is 0 Å². The fourth-order valence-electron chi connectivity index (χ4n) is 4.37. The molecule has 1 atom stereocenters. The largest absolute Gasteiger partial charge is 0.497 e. The van der Waals surface area contributed by atoms with Crippen LogP contribution in [0.1, 0.15) is 56.6 Å². The van der Waals surface area contributed by atoms with Crippen LogP contribution in [0.15, 0.2) is 48.5 Å². The molecule has 6 heteroatoms. The molecule has 0 unspecified atom stereocenters. The number of benzene rings is 2. The van der Waals surface area contributed by atoms with Gasteiger partial charge in [0.1, 0.15) is 17.5 Å². The maximum absolute atomic E-state index is 13.4. The molecule has 33 heavy (non-hydrogen) atoms. The Labute approximate surface area is 197 Å². The van der Waals surface area contributed by atoms with Gasteiger partial charge in [-0.2, -0.15) is 0 Å². The summed E-state index contributed by atoms with van der Waals surface area (Å²) in [6.07, 6.45) is 6.03. The Hall–Kier alpha value is -3.02. The van der Waals surface area contributed by atoms with E-state index in [1.165, 1.54) is 6.42 Å². The number of hydrogen-bond donors (Lipinski definition) is 1. The second-order valence-electron chi connectivity index (χ2n) is 8.69. The van der Waals surface area contributed by atoms with Crippen molar-refractivity contribution in [2.24, 2.45) is 0 Å². The summed E-state index contributed by atoms with van der Waals surface area (Å²) in [5.74, 6) is 1.09. The van der Waals surface area contributed by atoms with Gasteiger partial charge in [-0.3, -0.25) is 9.59 Å². The Morgan fingerprint density at radius 2 is 1.85 bits per heavy atom. The van der Waals surface area contributed by atoms with E-state index in [-0.39, 0.29) is 24.5 Å². The van der Waals surface area contributed by atoms with E-state index in [1.807, 2.05) is 62.4 Å². The number of carbonyl (C=O) groups excluding carboxylic acids is 2. The summed E-state index contributed by atoms with van der Waals surface area (Å²) in [6.45, 7) is 4.07. The lowest BCUT2D eigenvalue weighted by Gasteiger charge is -2.32. The van der Waals surface area contributed by atoms with E-state index >= 15 is 0 Å². The van der Waals surface area contributed by atoms with Crippen LogP contribution in [0.2, 0.25) is 0 Å². The summed E-state index contributed by atoms with van der Waals surface area (Å²) >= 11 is 0. The Balaban J connectivity index is 1.78. The van der Waals surface area contributed by atoms with Crippen molar-refractivity contribution in [3.05, 3.63) is 59.7 Å². The van der Waals surface area contributed by atoms with Crippen LogP contribution < -0.4 is 14.8 Å². The van der Waals surface area contributed by atoms with Crippen molar-refractivity contribution < 1.29 is 19.1 Å². The van der Waals surface area contributed by atoms with E-state index in [9.17, 15) is 9.59 Å². The molecular formula is C27H36N2O4. The quantitative estimate of drug-likeness (QED) is 0.570. The van der Waals surface area contributed by atoms with Crippen LogP contribution in [0.4, 0.5) is 0 Å². The van der Waals surface area contributed by atoms with Crippen molar-refractivity contribution in [3.63, 3.8) is 0 Å². The third-order valence-corrected chi connectivity index (χ3v) is 6.27. The predicted molar refractivity (Wildman–Crippen MR) is 129 cm³/mol. The first-order valence-corrected chi connectivity index (χ1v) is 11.9. The molecule has 2 aromatic carbocycles. The number of carbonyl (C=O) groups is 2. The second kappa shape index (κ2) is 12.3. The normalized spacial score (nSPS) is 14.9. The molecular weight excluding hydrogens is 416 g/mol. The maximum atomic E-state index is 13.4. The zero-order chi connectivity index (χ0) is 23.6. The van der Waals surface area contributed by atoms with Crippen LogP contribution in [0.5, 0.6) is 11.5 Å². The van der Waals surface area contributed by atoms with Crippen molar-refractivity contribution in [1.29, 1.82) is 0 Å². The zero-order valence-corrected chi connectivity index (χ0v) is 20.0. The van der Waals surface area contributed by atoms with E-state index in [4.69, 9.17) is 9.47 Å². The van der Waals surface area contributed by atoms with Crippen molar-refractivity contribution >= 4 is 11.8 Å². The van der Waals surface area contributed by atoms with Crippen molar-refractivity contribution in [2.45, 2.75) is 71.0 Å². The molecule has 2 amide bonds. The number of ether oxygens (including phenoxy) is 2. The number of para-hydroxylation sites is 1. The van der Waals surface area contributed by atoms with Crippen molar-refractivity contribution in [3.8, 4) is 11.5 Å². The van der Waals surface area contributed by atoms with Gasteiger partial charge < -0.3 is 19.7 Å². The summed E-state index contributed by atoms with van der Waals surface area (Å²) in [5, 5.41) is 3.20. The number of aryl methyl sites for hydroxylation is 1. The summed E-state index contributed by atoms with van der Waals surface area (Å²) in [4.78, 5) is 28.3. The van der Waals surface area contributed by atoms with Crippen molar-refractivity contribution in [1.82, 2.24) is 10.2 Å². The lowest BCUT2D eigenvalue weighted by Crippen LogP contribution is -2.52. The van der Waals surface area contributed by atoms with Gasteiger partial charge in [0.05, 0.1) is 7.11 Å². The Morgan fingerprint density at radius 1 is 1.09 bits per heavy atom. The van der Waals surface area contributed by atoms with E-state index in [0.717, 1.165) is 42.6 Å². The molecule has 1 N–H and O–H groups in total. The van der Waals surface area contributed by atoms with E-state index < -0.39 is 6.04 Å². The molecule has 0 aromatic heterocycles. The highest BCUT2D eigenvalue weighted by molar-refractivity contribution is 5.88. The van der Waals surface area contributed by atoms with Crippen LogP contribution in [0.25, 0.3) is 0 Å². The Morgan fingerprint density at radius 3 is 2.55 bits per heavy atom. The molecule has 0 saturated heterocycles. The fraction of sp³-hybridized carbons (Fsp3) is 0.481. The first-order valence-electron chi connectivity index (χ1n) is 11.9. The van der Waals surface area contributed by atoms with Crippen molar-refractivity contribution in [2.75, 3.05) is 13.7 Å². The summed E-state index contributed by atoms with van der Waals surface area (Å²) in [7, 11) is 1.62. The third kappa shape index (κ3) is 6.98. The molecule has 1 aliphatic carbocycles. The third-order valence-electron chi connectivity index (χ3n) is 6.27. The highest BCUT2D eigenvalue weighted by atomic mass is 16.5. The van der Waals surface area contributed by atoms with Crippen LogP contribution in [-0.4, -0.2) is 42.5 Å². The number of nitrogens with one attached hydrogen (secondary N) is 1. The molecule has 0 aliphatic heterocycles. The average Bonchev–Trinajstić information content (AvgIpc) is 2.84. The van der Waals surface area contributed by atoms with Gasteiger partial charge in [-0.05, 0) is 55.5 Å². The topological polar surface area (TPSA) is 67.9 Å². The molecule has 0 bridgehead atoms. The Bertz CT molecular complexity index is 924. The fourth-order valence-corrected chi connectivity index (χ4v) is 4.37. The summed E-state index contributed by atoms with van der Waals surface area (Å²) < 4.78 is 11.2. The number of hydrogen-bond acceptors (Lipinski definition) is 4. The highest BCUT2D eigenvalue weighted by Crippen LogP contribution is 2.21. The highest BCUT2D eigenvalue weighted by Gasteiger charge is 2.30. The average molecular weight is 453 g/mol. The summed E-state index contributed by atoms with van der Waals surface area (Å²) in [6, 6.07) is 14.8. The van der Waals surface area contributed by atoms with Gasteiger partial charge >= 0.3 is 0 Å². The molecule has 1 fully saturated rings. The van der Waals surface area contributed by atoms with Crippen LogP contribution >= 0.6 is 0 Å².